The van der Waals surface area contributed by atoms with E-state index < -0.39 is 17.6 Å². The predicted octanol–water partition coefficient (Wildman–Crippen LogP) is 5.09. The number of piperazine rings is 1. The van der Waals surface area contributed by atoms with Gasteiger partial charge in [-0.05, 0) is 69.1 Å². The lowest BCUT2D eigenvalue weighted by atomic mass is 10.0. The molecule has 0 radical (unpaired) electrons. The molecule has 1 fully saturated rings. The summed E-state index contributed by atoms with van der Waals surface area (Å²) >= 11 is 0. The number of carbonyl (C=O) groups excluding carboxylic acids is 2. The number of aryl methyl sites for hydroxylation is 1. The Kier molecular flexibility index (Phi) is 9.41. The number of hydrogen-bond acceptors (Lipinski definition) is 7. The maximum Gasteiger partial charge on any atom is 0.416 e. The molecule has 2 aromatic heterocycles. The van der Waals surface area contributed by atoms with Gasteiger partial charge in [-0.15, -0.1) is 0 Å². The van der Waals surface area contributed by atoms with Gasteiger partial charge in [0.05, 0.1) is 10.9 Å². The van der Waals surface area contributed by atoms with Crippen LogP contribution < -0.4 is 10.6 Å². The van der Waals surface area contributed by atoms with Crippen molar-refractivity contribution in [2.45, 2.75) is 46.5 Å². The van der Waals surface area contributed by atoms with Crippen molar-refractivity contribution in [1.82, 2.24) is 29.5 Å². The van der Waals surface area contributed by atoms with Crippen LogP contribution in [0.5, 0.6) is 0 Å². The molecule has 0 atom stereocenters. The zero-order valence-corrected chi connectivity index (χ0v) is 26.3. The van der Waals surface area contributed by atoms with E-state index in [-0.39, 0.29) is 41.1 Å². The van der Waals surface area contributed by atoms with Crippen LogP contribution in [0, 0.1) is 18.8 Å². The van der Waals surface area contributed by atoms with Gasteiger partial charge in [-0.25, -0.2) is 14.6 Å². The van der Waals surface area contributed by atoms with Crippen LogP contribution in [-0.4, -0.2) is 74.6 Å². The molecule has 1 saturated heterocycles. The molecule has 2 N–H and O–H groups in total. The standard InChI is InChI=1S/C33H35F3N8O2/c1-20(2)44-31-29(30(37-19-38-31)39-22(4)45)28(41-44)11-9-23-16-24(7-6-21(23)3)32(46)40-26-10-8-25(27(17-26)33(34,35)36)18-43-14-12-42(5)13-15-43/h6-8,10,16-17,19-20H,12-15,18H2,1-5H3,(H,40,46)(H,37,38,39,45). The minimum absolute atomic E-state index is 0.0452. The summed E-state index contributed by atoms with van der Waals surface area (Å²) < 4.78 is 43.9. The minimum atomic E-state index is -4.58. The van der Waals surface area contributed by atoms with Crippen LogP contribution in [0.1, 0.15) is 65.1 Å². The molecule has 0 unspecified atom stereocenters. The van der Waals surface area contributed by atoms with E-state index in [1.165, 1.54) is 25.4 Å². The molecule has 0 aliphatic carbocycles. The second-order valence-electron chi connectivity index (χ2n) is 11.7. The molecule has 10 nitrogen and oxygen atoms in total. The average Bonchev–Trinajstić information content (AvgIpc) is 3.38. The van der Waals surface area contributed by atoms with Crippen LogP contribution >= 0.6 is 0 Å². The number of nitrogens with zero attached hydrogens (tertiary/aromatic N) is 6. The van der Waals surface area contributed by atoms with Crippen molar-refractivity contribution in [3.63, 3.8) is 0 Å². The van der Waals surface area contributed by atoms with Gasteiger partial charge in [-0.2, -0.15) is 18.3 Å². The molecule has 0 bridgehead atoms. The number of aromatic nitrogens is 4. The maximum absolute atomic E-state index is 14.1. The summed E-state index contributed by atoms with van der Waals surface area (Å²) in [6.45, 7) is 10.2. The Morgan fingerprint density at radius 3 is 2.41 bits per heavy atom. The highest BCUT2D eigenvalue weighted by atomic mass is 19.4. The molecule has 2 aromatic carbocycles. The van der Waals surface area contributed by atoms with Crippen molar-refractivity contribution in [3.05, 3.63) is 76.2 Å². The summed E-state index contributed by atoms with van der Waals surface area (Å²) in [6.07, 6.45) is -3.23. The summed E-state index contributed by atoms with van der Waals surface area (Å²) in [7, 11) is 1.99. The van der Waals surface area contributed by atoms with Gasteiger partial charge in [0.1, 0.15) is 17.8 Å². The SMILES string of the molecule is CC(=O)Nc1ncnc2c1c(C#Cc1cc(C(=O)Nc3ccc(CN4CCN(C)CC4)c(C(F)(F)F)c3)ccc1C)nn2C(C)C. The number of carbonyl (C=O) groups is 2. The van der Waals surface area contributed by atoms with Gasteiger partial charge in [0.15, 0.2) is 5.65 Å². The summed E-state index contributed by atoms with van der Waals surface area (Å²) in [5.41, 5.74) is 1.83. The van der Waals surface area contributed by atoms with Crippen LogP contribution in [0.15, 0.2) is 42.7 Å². The Labute approximate surface area is 265 Å². The topological polar surface area (TPSA) is 108 Å². The van der Waals surface area contributed by atoms with E-state index in [2.05, 4.69) is 42.4 Å². The number of alkyl halides is 3. The molecule has 0 spiro atoms. The van der Waals surface area contributed by atoms with E-state index in [0.29, 0.717) is 35.4 Å². The Morgan fingerprint density at radius 2 is 1.74 bits per heavy atom. The van der Waals surface area contributed by atoms with Gasteiger partial charge in [-0.3, -0.25) is 14.5 Å². The third-order valence-corrected chi connectivity index (χ3v) is 7.75. The summed E-state index contributed by atoms with van der Waals surface area (Å²) in [5, 5.41) is 10.4. The Bertz CT molecular complexity index is 1850. The molecule has 5 rings (SSSR count). The molecule has 13 heteroatoms. The molecule has 46 heavy (non-hydrogen) atoms. The van der Waals surface area contributed by atoms with Crippen molar-refractivity contribution in [2.75, 3.05) is 43.9 Å². The second-order valence-corrected chi connectivity index (χ2v) is 11.7. The number of rotatable bonds is 6. The fourth-order valence-corrected chi connectivity index (χ4v) is 5.21. The molecule has 3 heterocycles. The first-order chi connectivity index (χ1) is 21.8. The lowest BCUT2D eigenvalue weighted by molar-refractivity contribution is -0.138. The summed E-state index contributed by atoms with van der Waals surface area (Å²) in [5.74, 6) is 5.51. The van der Waals surface area contributed by atoms with Crippen LogP contribution in [0.2, 0.25) is 0 Å². The maximum atomic E-state index is 14.1. The molecule has 1 aliphatic rings. The number of amides is 2. The monoisotopic (exact) mass is 632 g/mol. The number of nitrogens with one attached hydrogen (secondary N) is 2. The van der Waals surface area contributed by atoms with Gasteiger partial charge in [-0.1, -0.05) is 18.1 Å². The highest BCUT2D eigenvalue weighted by Crippen LogP contribution is 2.35. The normalized spacial score (nSPS) is 14.3. The molecule has 1 aliphatic heterocycles. The van der Waals surface area contributed by atoms with Gasteiger partial charge in [0.25, 0.3) is 5.91 Å². The van der Waals surface area contributed by atoms with Crippen LogP contribution in [-0.2, 0) is 17.5 Å². The molecule has 2 amide bonds. The van der Waals surface area contributed by atoms with Gasteiger partial charge in [0, 0.05) is 62.5 Å². The van der Waals surface area contributed by atoms with Crippen LogP contribution in [0.4, 0.5) is 24.7 Å². The van der Waals surface area contributed by atoms with E-state index >= 15 is 0 Å². The van der Waals surface area contributed by atoms with E-state index in [1.54, 1.807) is 22.9 Å². The van der Waals surface area contributed by atoms with Crippen LogP contribution in [0.3, 0.4) is 0 Å². The smallest absolute Gasteiger partial charge is 0.322 e. The lowest BCUT2D eigenvalue weighted by Gasteiger charge is -2.33. The Morgan fingerprint density at radius 1 is 1.00 bits per heavy atom. The van der Waals surface area contributed by atoms with Crippen LogP contribution in [0.25, 0.3) is 11.0 Å². The number of likely N-dealkylation sites (N-methyl/N-ethyl adjacent to an activating group) is 1. The number of hydrogen-bond donors (Lipinski definition) is 2. The number of halogens is 3. The zero-order valence-electron chi connectivity index (χ0n) is 26.3. The first-order valence-corrected chi connectivity index (χ1v) is 14.9. The Hall–Kier alpha value is -4.80. The first-order valence-electron chi connectivity index (χ1n) is 14.9. The second kappa shape index (κ2) is 13.3. The fourth-order valence-electron chi connectivity index (χ4n) is 5.21. The average molecular weight is 633 g/mol. The van der Waals surface area contributed by atoms with Crippen molar-refractivity contribution in [1.29, 1.82) is 0 Å². The molecular formula is C33H35F3N8O2. The van der Waals surface area contributed by atoms with Crippen molar-refractivity contribution in [3.8, 4) is 11.8 Å². The van der Waals surface area contributed by atoms with E-state index in [4.69, 9.17) is 0 Å². The quantitative estimate of drug-likeness (QED) is 0.285. The zero-order chi connectivity index (χ0) is 33.2. The number of fused-ring (bicyclic) bond motifs is 1. The summed E-state index contributed by atoms with van der Waals surface area (Å²) in [4.78, 5) is 37.7. The molecule has 0 saturated carbocycles. The largest absolute Gasteiger partial charge is 0.416 e. The minimum Gasteiger partial charge on any atom is -0.322 e. The van der Waals surface area contributed by atoms with Crippen molar-refractivity contribution in [2.24, 2.45) is 0 Å². The van der Waals surface area contributed by atoms with Crippen molar-refractivity contribution >= 4 is 34.4 Å². The van der Waals surface area contributed by atoms with E-state index in [0.717, 1.165) is 24.7 Å². The highest BCUT2D eigenvalue weighted by molar-refractivity contribution is 6.04. The third-order valence-electron chi connectivity index (χ3n) is 7.75. The van der Waals surface area contributed by atoms with E-state index in [9.17, 15) is 22.8 Å². The number of anilines is 2. The van der Waals surface area contributed by atoms with Gasteiger partial charge in [0.2, 0.25) is 5.91 Å². The fraction of sp³-hybridized carbons (Fsp3) is 0.364. The number of benzene rings is 2. The Balaban J connectivity index is 1.41. The predicted molar refractivity (Wildman–Crippen MR) is 169 cm³/mol. The van der Waals surface area contributed by atoms with Gasteiger partial charge >= 0.3 is 6.18 Å². The third kappa shape index (κ3) is 7.35. The lowest BCUT2D eigenvalue weighted by Crippen LogP contribution is -2.44. The highest BCUT2D eigenvalue weighted by Gasteiger charge is 2.34. The van der Waals surface area contributed by atoms with Crippen molar-refractivity contribution < 1.29 is 22.8 Å². The molecule has 240 valence electrons. The first kappa shape index (κ1) is 32.6. The molecular weight excluding hydrogens is 597 g/mol. The molecule has 4 aromatic rings. The van der Waals surface area contributed by atoms with Gasteiger partial charge < -0.3 is 15.5 Å². The summed E-state index contributed by atoms with van der Waals surface area (Å²) in [6, 6.07) is 8.76. The van der Waals surface area contributed by atoms with E-state index in [1.807, 2.05) is 32.7 Å².